The van der Waals surface area contributed by atoms with Crippen molar-refractivity contribution < 1.29 is 14.3 Å². The minimum atomic E-state index is -0.344. The number of carbonyl (C=O) groups excluding carboxylic acids is 1. The van der Waals surface area contributed by atoms with Crippen molar-refractivity contribution in [2.75, 3.05) is 14.2 Å². The number of terminal acetylenes is 1. The van der Waals surface area contributed by atoms with E-state index in [2.05, 4.69) is 21.4 Å². The number of fused-ring (bicyclic) bond motifs is 1. The normalized spacial score (nSPS) is 10.6. The second-order valence-corrected chi connectivity index (χ2v) is 7.45. The van der Waals surface area contributed by atoms with Crippen LogP contribution in [-0.4, -0.2) is 39.7 Å². The van der Waals surface area contributed by atoms with Crippen molar-refractivity contribution in [2.24, 2.45) is 7.05 Å². The van der Waals surface area contributed by atoms with Crippen molar-refractivity contribution in [1.82, 2.24) is 24.9 Å². The molecule has 34 heavy (non-hydrogen) atoms. The second kappa shape index (κ2) is 9.50. The van der Waals surface area contributed by atoms with Crippen LogP contribution in [0.3, 0.4) is 0 Å². The van der Waals surface area contributed by atoms with Gasteiger partial charge in [0.15, 0.2) is 0 Å². The predicted molar refractivity (Wildman–Crippen MR) is 128 cm³/mol. The highest BCUT2D eigenvalue weighted by Crippen LogP contribution is 2.33. The fraction of sp³-hybridized carbons (Fsp3) is 0.200. The summed E-state index contributed by atoms with van der Waals surface area (Å²) in [5, 5.41) is 12.9. The monoisotopic (exact) mass is 457 g/mol. The summed E-state index contributed by atoms with van der Waals surface area (Å²) in [5.74, 6) is 3.34. The molecule has 4 rings (SSSR count). The fourth-order valence-corrected chi connectivity index (χ4v) is 3.71. The lowest BCUT2D eigenvalue weighted by atomic mass is 10.1. The molecule has 0 saturated carbocycles. The Hall–Kier alpha value is -4.58. The minimum absolute atomic E-state index is 0.0398. The van der Waals surface area contributed by atoms with E-state index in [1.54, 1.807) is 63.7 Å². The van der Waals surface area contributed by atoms with Crippen molar-refractivity contribution in [3.63, 3.8) is 0 Å². The van der Waals surface area contributed by atoms with Crippen LogP contribution in [0.5, 0.6) is 11.5 Å². The van der Waals surface area contributed by atoms with Gasteiger partial charge in [-0.05, 0) is 30.3 Å². The van der Waals surface area contributed by atoms with Gasteiger partial charge in [0.2, 0.25) is 0 Å². The van der Waals surface area contributed by atoms with Crippen molar-refractivity contribution >= 4 is 16.7 Å². The van der Waals surface area contributed by atoms with E-state index >= 15 is 0 Å². The summed E-state index contributed by atoms with van der Waals surface area (Å²) in [5.41, 5.74) is 1.88. The summed E-state index contributed by atoms with van der Waals surface area (Å²) in [6.45, 7) is 0.144. The number of ether oxygens (including phenoxy) is 2. The maximum Gasteiger partial charge on any atom is 0.275 e. The van der Waals surface area contributed by atoms with Crippen LogP contribution < -0.4 is 20.3 Å². The molecule has 0 fully saturated rings. The number of hydrogen-bond acceptors (Lipinski definition) is 6. The molecule has 1 amide bonds. The number of aryl methyl sites for hydroxylation is 1. The molecular weight excluding hydrogens is 434 g/mol. The maximum atomic E-state index is 13.0. The Morgan fingerprint density at radius 3 is 2.56 bits per heavy atom. The highest BCUT2D eigenvalue weighted by Gasteiger charge is 2.18. The molecule has 2 heterocycles. The molecule has 4 aromatic rings. The van der Waals surface area contributed by atoms with E-state index in [1.807, 2.05) is 6.07 Å². The van der Waals surface area contributed by atoms with Crippen molar-refractivity contribution in [2.45, 2.75) is 13.1 Å². The van der Waals surface area contributed by atoms with Gasteiger partial charge in [0, 0.05) is 18.0 Å². The Morgan fingerprint density at radius 2 is 1.85 bits per heavy atom. The molecule has 172 valence electrons. The molecule has 0 saturated heterocycles. The molecule has 0 unspecified atom stereocenters. The topological polar surface area (TPSA) is 100 Å². The number of hydrogen-bond donors (Lipinski definition) is 1. The van der Waals surface area contributed by atoms with Crippen LogP contribution in [-0.2, 0) is 20.1 Å². The molecule has 1 N–H and O–H groups in total. The molecule has 0 aliphatic heterocycles. The van der Waals surface area contributed by atoms with Crippen molar-refractivity contribution in [3.8, 4) is 35.1 Å². The van der Waals surface area contributed by atoms with E-state index in [-0.39, 0.29) is 24.6 Å². The third-order valence-electron chi connectivity index (χ3n) is 5.40. The highest BCUT2D eigenvalue weighted by molar-refractivity contribution is 5.94. The van der Waals surface area contributed by atoms with Crippen LogP contribution in [0.1, 0.15) is 16.2 Å². The first-order chi connectivity index (χ1) is 16.5. The number of nitrogens with zero attached hydrogens (tertiary/aromatic N) is 4. The van der Waals surface area contributed by atoms with Gasteiger partial charge in [0.25, 0.3) is 11.5 Å². The Bertz CT molecular complexity index is 1480. The molecule has 0 aliphatic carbocycles. The van der Waals surface area contributed by atoms with Crippen LogP contribution >= 0.6 is 0 Å². The molecule has 0 atom stereocenters. The van der Waals surface area contributed by atoms with Gasteiger partial charge in [-0.15, -0.1) is 6.42 Å². The number of methoxy groups -OCH3 is 2. The average Bonchev–Trinajstić information content (AvgIpc) is 3.26. The Labute approximate surface area is 195 Å². The summed E-state index contributed by atoms with van der Waals surface area (Å²) in [4.78, 5) is 25.6. The first kappa shape index (κ1) is 22.6. The largest absolute Gasteiger partial charge is 0.497 e. The van der Waals surface area contributed by atoms with Gasteiger partial charge in [0.05, 0.1) is 37.5 Å². The van der Waals surface area contributed by atoms with Crippen LogP contribution in [0.4, 0.5) is 0 Å². The third-order valence-corrected chi connectivity index (χ3v) is 5.40. The highest BCUT2D eigenvalue weighted by atomic mass is 16.5. The van der Waals surface area contributed by atoms with E-state index in [9.17, 15) is 9.59 Å². The lowest BCUT2D eigenvalue weighted by molar-refractivity contribution is 0.0941. The zero-order valence-electron chi connectivity index (χ0n) is 19.0. The predicted octanol–water partition coefficient (Wildman–Crippen LogP) is 2.38. The molecule has 0 aliphatic rings. The molecule has 2 aromatic carbocycles. The van der Waals surface area contributed by atoms with Gasteiger partial charge in [-0.2, -0.15) is 10.2 Å². The number of amides is 1. The number of rotatable bonds is 7. The molecule has 2 aromatic heterocycles. The molecule has 0 bridgehead atoms. The van der Waals surface area contributed by atoms with E-state index in [0.29, 0.717) is 44.9 Å². The Kier molecular flexibility index (Phi) is 6.32. The van der Waals surface area contributed by atoms with Gasteiger partial charge in [-0.25, -0.2) is 4.68 Å². The number of carbonyl (C=O) groups is 1. The third kappa shape index (κ3) is 4.21. The Balaban J connectivity index is 1.63. The van der Waals surface area contributed by atoms with Crippen LogP contribution in [0, 0.1) is 12.3 Å². The molecule has 0 spiro atoms. The molecule has 0 radical (unpaired) electrons. The van der Waals surface area contributed by atoms with Gasteiger partial charge in [0.1, 0.15) is 23.7 Å². The summed E-state index contributed by atoms with van der Waals surface area (Å²) in [6.07, 6.45) is 5.38. The smallest absolute Gasteiger partial charge is 0.275 e. The Morgan fingerprint density at radius 1 is 1.09 bits per heavy atom. The molecule has 9 nitrogen and oxygen atoms in total. The van der Waals surface area contributed by atoms with E-state index < -0.39 is 0 Å². The van der Waals surface area contributed by atoms with Gasteiger partial charge >= 0.3 is 0 Å². The maximum absolute atomic E-state index is 13.0. The average molecular weight is 457 g/mol. The van der Waals surface area contributed by atoms with Crippen molar-refractivity contribution in [1.29, 1.82) is 0 Å². The summed E-state index contributed by atoms with van der Waals surface area (Å²) < 4.78 is 13.5. The zero-order chi connectivity index (χ0) is 24.2. The number of nitrogens with one attached hydrogen (secondary N) is 1. The summed E-state index contributed by atoms with van der Waals surface area (Å²) >= 11 is 0. The van der Waals surface area contributed by atoms with Crippen LogP contribution in [0.2, 0.25) is 0 Å². The molecule has 9 heteroatoms. The SMILES string of the molecule is C#CCn1nc(CNC(=O)c2cc(-c3cc(OC)ccc3OC)nn2C)c2ccccc2c1=O. The van der Waals surface area contributed by atoms with Crippen molar-refractivity contribution in [3.05, 3.63) is 70.3 Å². The summed E-state index contributed by atoms with van der Waals surface area (Å²) in [6, 6.07) is 14.1. The van der Waals surface area contributed by atoms with Crippen LogP contribution in [0.15, 0.2) is 53.3 Å². The van der Waals surface area contributed by atoms with E-state index in [1.165, 1.54) is 9.36 Å². The summed E-state index contributed by atoms with van der Waals surface area (Å²) in [7, 11) is 4.83. The van der Waals surface area contributed by atoms with Crippen LogP contribution in [0.25, 0.3) is 22.0 Å². The number of aromatic nitrogens is 4. The second-order valence-electron chi connectivity index (χ2n) is 7.45. The van der Waals surface area contributed by atoms with E-state index in [0.717, 1.165) is 0 Å². The quantitative estimate of drug-likeness (QED) is 0.428. The van der Waals surface area contributed by atoms with E-state index in [4.69, 9.17) is 15.9 Å². The lowest BCUT2D eigenvalue weighted by Crippen LogP contribution is -2.29. The first-order valence-corrected chi connectivity index (χ1v) is 10.4. The minimum Gasteiger partial charge on any atom is -0.497 e. The lowest BCUT2D eigenvalue weighted by Gasteiger charge is -2.10. The van der Waals surface area contributed by atoms with Gasteiger partial charge in [-0.1, -0.05) is 24.1 Å². The zero-order valence-corrected chi connectivity index (χ0v) is 19.0. The first-order valence-electron chi connectivity index (χ1n) is 10.4. The van der Waals surface area contributed by atoms with Gasteiger partial charge < -0.3 is 14.8 Å². The fourth-order valence-electron chi connectivity index (χ4n) is 3.71. The number of benzene rings is 2. The standard InChI is InChI=1S/C25H23N5O4/c1-5-12-30-25(32)18-9-7-6-8-17(18)21(28-30)15-26-24(31)22-14-20(27-29(22)2)19-13-16(33-3)10-11-23(19)34-4/h1,6-11,13-14H,12,15H2,2-4H3,(H,26,31). The molecular formula is C25H23N5O4. The van der Waals surface area contributed by atoms with Gasteiger partial charge in [-0.3, -0.25) is 14.3 Å².